The molecule has 0 aromatic heterocycles. The summed E-state index contributed by atoms with van der Waals surface area (Å²) in [7, 11) is 0. The molecule has 0 radical (unpaired) electrons. The van der Waals surface area contributed by atoms with Crippen LogP contribution in [0.2, 0.25) is 0 Å². The topological polar surface area (TPSA) is 56.3 Å². The number of nitrogens with zero attached hydrogens (tertiary/aromatic N) is 4. The number of Topliss-reactive ketones (excluding diaryl/α,β-unsaturated/α-hetero) is 1. The van der Waals surface area contributed by atoms with Gasteiger partial charge in [0.1, 0.15) is 17.6 Å². The van der Waals surface area contributed by atoms with Gasteiger partial charge in [-0.05, 0) is 19.8 Å². The molecule has 1 aromatic carbocycles. The van der Waals surface area contributed by atoms with Gasteiger partial charge in [-0.1, -0.05) is 0 Å². The molecule has 3 heterocycles. The summed E-state index contributed by atoms with van der Waals surface area (Å²) in [4.78, 5) is 26.3. The van der Waals surface area contributed by atoms with E-state index < -0.39 is 23.8 Å². The summed E-state index contributed by atoms with van der Waals surface area (Å²) < 4.78 is 35.1. The lowest BCUT2D eigenvalue weighted by Crippen LogP contribution is -2.37. The highest BCUT2D eigenvalue weighted by atomic mass is 19.1. The minimum absolute atomic E-state index is 0.00943. The average molecular weight is 408 g/mol. The Morgan fingerprint density at radius 2 is 1.69 bits per heavy atom. The van der Waals surface area contributed by atoms with Crippen molar-refractivity contribution in [2.75, 3.05) is 55.6 Å². The third kappa shape index (κ3) is 4.20. The van der Waals surface area contributed by atoms with Crippen molar-refractivity contribution in [1.82, 2.24) is 10.0 Å². The van der Waals surface area contributed by atoms with E-state index in [1.807, 2.05) is 0 Å². The first-order valence-corrected chi connectivity index (χ1v) is 10.1. The highest BCUT2D eigenvalue weighted by Crippen LogP contribution is 2.32. The van der Waals surface area contributed by atoms with Crippen molar-refractivity contribution in [2.24, 2.45) is 0 Å². The van der Waals surface area contributed by atoms with E-state index in [1.54, 1.807) is 4.90 Å². The Labute approximate surface area is 168 Å². The number of ether oxygens (including phenoxy) is 1. The summed E-state index contributed by atoms with van der Waals surface area (Å²) in [5.41, 5.74) is 0.0927. The van der Waals surface area contributed by atoms with Crippen LogP contribution in [0.15, 0.2) is 12.1 Å². The fourth-order valence-corrected chi connectivity index (χ4v) is 4.29. The van der Waals surface area contributed by atoms with Crippen molar-refractivity contribution in [3.8, 4) is 0 Å². The van der Waals surface area contributed by atoms with E-state index in [4.69, 9.17) is 4.74 Å². The summed E-state index contributed by atoms with van der Waals surface area (Å²) in [5, 5.41) is 4.48. The van der Waals surface area contributed by atoms with Crippen molar-refractivity contribution >= 4 is 23.3 Å². The highest BCUT2D eigenvalue weighted by Gasteiger charge is 2.34. The van der Waals surface area contributed by atoms with Crippen LogP contribution in [0.5, 0.6) is 0 Å². The van der Waals surface area contributed by atoms with Gasteiger partial charge in [-0.15, -0.1) is 0 Å². The smallest absolute Gasteiger partial charge is 0.414 e. The molecular weight excluding hydrogens is 382 g/mol. The van der Waals surface area contributed by atoms with Crippen LogP contribution in [0.3, 0.4) is 0 Å². The number of amides is 1. The Balaban J connectivity index is 1.49. The number of anilines is 2. The van der Waals surface area contributed by atoms with Crippen LogP contribution in [0.1, 0.15) is 26.2 Å². The number of halogens is 2. The Morgan fingerprint density at radius 1 is 1.07 bits per heavy atom. The van der Waals surface area contributed by atoms with Gasteiger partial charge in [0.05, 0.1) is 12.2 Å². The molecule has 0 saturated carbocycles. The molecule has 158 valence electrons. The number of rotatable bonds is 5. The minimum Gasteiger partial charge on any atom is -0.444 e. The van der Waals surface area contributed by atoms with Crippen LogP contribution < -0.4 is 9.80 Å². The maximum absolute atomic E-state index is 14.9. The molecule has 3 aliphatic heterocycles. The normalized spacial score (nSPS) is 23.3. The maximum Gasteiger partial charge on any atom is 0.414 e. The Morgan fingerprint density at radius 3 is 2.28 bits per heavy atom. The number of fused-ring (bicyclic) bond motifs is 1. The number of hydrogen-bond donors (Lipinski definition) is 0. The molecule has 9 heteroatoms. The Hall–Kier alpha value is -2.26. The fourth-order valence-electron chi connectivity index (χ4n) is 4.29. The van der Waals surface area contributed by atoms with Crippen molar-refractivity contribution in [2.45, 2.75) is 32.3 Å². The van der Waals surface area contributed by atoms with E-state index in [9.17, 15) is 18.4 Å². The summed E-state index contributed by atoms with van der Waals surface area (Å²) in [6.45, 7) is 6.18. The third-order valence-electron chi connectivity index (χ3n) is 5.81. The van der Waals surface area contributed by atoms with Gasteiger partial charge in [-0.3, -0.25) is 4.90 Å². The summed E-state index contributed by atoms with van der Waals surface area (Å²) in [6, 6.07) is 2.39. The van der Waals surface area contributed by atoms with E-state index in [1.165, 1.54) is 24.0 Å². The lowest BCUT2D eigenvalue weighted by atomic mass is 10.1. The van der Waals surface area contributed by atoms with E-state index in [0.29, 0.717) is 25.9 Å². The van der Waals surface area contributed by atoms with E-state index in [2.05, 4.69) is 10.0 Å². The first-order chi connectivity index (χ1) is 13.9. The molecule has 7 nitrogen and oxygen atoms in total. The molecule has 0 aliphatic carbocycles. The van der Waals surface area contributed by atoms with Gasteiger partial charge in [0.25, 0.3) is 0 Å². The SMILES string of the molecule is CC(=O)CC[C@H]1CN(c2cc(F)c(N3CCN4CCCN4CC3)c(F)c2)C(=O)O1. The lowest BCUT2D eigenvalue weighted by Gasteiger charge is -2.25. The number of carbonyl (C=O) groups excluding carboxylic acids is 2. The van der Waals surface area contributed by atoms with Gasteiger partial charge in [-0.2, -0.15) is 0 Å². The molecule has 3 fully saturated rings. The molecular formula is C20H26F2N4O3. The van der Waals surface area contributed by atoms with Gasteiger partial charge in [0.15, 0.2) is 11.6 Å². The van der Waals surface area contributed by atoms with E-state index in [-0.39, 0.29) is 23.7 Å². The molecule has 29 heavy (non-hydrogen) atoms. The predicted molar refractivity (Wildman–Crippen MR) is 104 cm³/mol. The molecule has 0 bridgehead atoms. The molecule has 4 rings (SSSR count). The fraction of sp³-hybridized carbons (Fsp3) is 0.600. The van der Waals surface area contributed by atoms with Gasteiger partial charge in [0, 0.05) is 57.8 Å². The molecule has 1 aromatic rings. The van der Waals surface area contributed by atoms with E-state index in [0.717, 1.165) is 32.6 Å². The third-order valence-corrected chi connectivity index (χ3v) is 5.81. The Kier molecular flexibility index (Phi) is 5.69. The summed E-state index contributed by atoms with van der Waals surface area (Å²) in [6.07, 6.45) is 0.729. The number of cyclic esters (lactones) is 1. The van der Waals surface area contributed by atoms with Crippen LogP contribution in [0.25, 0.3) is 0 Å². The van der Waals surface area contributed by atoms with Crippen molar-refractivity contribution in [3.05, 3.63) is 23.8 Å². The lowest BCUT2D eigenvalue weighted by molar-refractivity contribution is -0.117. The maximum atomic E-state index is 14.9. The second kappa shape index (κ2) is 8.23. The van der Waals surface area contributed by atoms with Crippen molar-refractivity contribution < 1.29 is 23.1 Å². The van der Waals surface area contributed by atoms with E-state index >= 15 is 0 Å². The molecule has 0 N–H and O–H groups in total. The summed E-state index contributed by atoms with van der Waals surface area (Å²) in [5.74, 6) is -1.36. The quantitative estimate of drug-likeness (QED) is 0.746. The predicted octanol–water partition coefficient (Wildman–Crippen LogP) is 2.40. The van der Waals surface area contributed by atoms with Gasteiger partial charge < -0.3 is 14.4 Å². The summed E-state index contributed by atoms with van der Waals surface area (Å²) >= 11 is 0. The molecule has 1 atom stereocenters. The van der Waals surface area contributed by atoms with Gasteiger partial charge in [0.2, 0.25) is 0 Å². The first-order valence-electron chi connectivity index (χ1n) is 10.1. The average Bonchev–Trinajstić information content (AvgIpc) is 3.22. The second-order valence-electron chi connectivity index (χ2n) is 7.86. The van der Waals surface area contributed by atoms with Crippen LogP contribution in [0.4, 0.5) is 25.0 Å². The number of hydrogen-bond acceptors (Lipinski definition) is 6. The Bertz CT molecular complexity index is 769. The molecule has 3 saturated heterocycles. The number of ketones is 1. The zero-order chi connectivity index (χ0) is 20.5. The number of benzene rings is 1. The largest absolute Gasteiger partial charge is 0.444 e. The van der Waals surface area contributed by atoms with Crippen molar-refractivity contribution in [3.63, 3.8) is 0 Å². The standard InChI is InChI=1S/C20H26F2N4O3/c1-14(27)3-4-16-13-26(20(28)29-16)15-11-17(21)19(18(22)12-15)23-7-9-24-5-2-6-25(24)10-8-23/h11-12,16H,2-10,13H2,1H3/t16-/m0/s1. The van der Waals surface area contributed by atoms with Crippen LogP contribution in [0, 0.1) is 11.6 Å². The second-order valence-corrected chi connectivity index (χ2v) is 7.86. The monoisotopic (exact) mass is 408 g/mol. The van der Waals surface area contributed by atoms with Crippen LogP contribution in [-0.4, -0.2) is 73.8 Å². The van der Waals surface area contributed by atoms with Gasteiger partial charge in [-0.25, -0.2) is 23.6 Å². The minimum atomic E-state index is -0.683. The molecule has 0 spiro atoms. The van der Waals surface area contributed by atoms with Crippen LogP contribution in [-0.2, 0) is 9.53 Å². The molecule has 1 amide bonds. The van der Waals surface area contributed by atoms with Gasteiger partial charge >= 0.3 is 6.09 Å². The molecule has 0 unspecified atom stereocenters. The zero-order valence-corrected chi connectivity index (χ0v) is 16.6. The number of hydrazine groups is 1. The van der Waals surface area contributed by atoms with Crippen molar-refractivity contribution in [1.29, 1.82) is 0 Å². The number of carbonyl (C=O) groups is 2. The van der Waals surface area contributed by atoms with Crippen LogP contribution >= 0.6 is 0 Å². The zero-order valence-electron chi connectivity index (χ0n) is 16.6. The highest BCUT2D eigenvalue weighted by molar-refractivity contribution is 5.90. The molecule has 3 aliphatic rings. The first kappa shape index (κ1) is 20.0.